The normalized spacial score (nSPS) is 12.6. The van der Waals surface area contributed by atoms with Gasteiger partial charge in [0.2, 0.25) is 0 Å². The van der Waals surface area contributed by atoms with Crippen LogP contribution in [0.25, 0.3) is 0 Å². The second-order valence-corrected chi connectivity index (χ2v) is 11.7. The van der Waals surface area contributed by atoms with Gasteiger partial charge in [0.15, 0.2) is 13.6 Å². The summed E-state index contributed by atoms with van der Waals surface area (Å²) < 4.78 is 29.4. The summed E-state index contributed by atoms with van der Waals surface area (Å²) in [6.07, 6.45) is 0. The van der Waals surface area contributed by atoms with Crippen LogP contribution in [0.3, 0.4) is 0 Å². The summed E-state index contributed by atoms with van der Waals surface area (Å²) >= 11 is 0. The number of rotatable bonds is 12. The summed E-state index contributed by atoms with van der Waals surface area (Å²) in [5, 5.41) is 8.49. The third kappa shape index (κ3) is 6.98. The van der Waals surface area contributed by atoms with E-state index in [-0.39, 0.29) is 24.9 Å². The van der Waals surface area contributed by atoms with Gasteiger partial charge >= 0.3 is 0 Å². The summed E-state index contributed by atoms with van der Waals surface area (Å²) in [5.41, 5.74) is 4.88. The van der Waals surface area contributed by atoms with Crippen molar-refractivity contribution in [3.05, 3.63) is 94.7 Å². The van der Waals surface area contributed by atoms with Crippen molar-refractivity contribution in [3.63, 3.8) is 0 Å². The lowest BCUT2D eigenvalue weighted by atomic mass is 9.92. The lowest BCUT2D eigenvalue weighted by molar-refractivity contribution is 0.0450. The Labute approximate surface area is 258 Å². The molecule has 0 fully saturated rings. The van der Waals surface area contributed by atoms with E-state index in [4.69, 9.17) is 28.8 Å². The molecule has 5 rings (SSSR count). The van der Waals surface area contributed by atoms with E-state index in [1.807, 2.05) is 52.0 Å². The molecule has 10 heteroatoms. The Balaban J connectivity index is 1.58. The molecule has 3 aromatic carbocycles. The lowest BCUT2D eigenvalue weighted by Crippen LogP contribution is -2.27. The first kappa shape index (κ1) is 30.9. The van der Waals surface area contributed by atoms with Crippen LogP contribution >= 0.6 is 0 Å². The van der Waals surface area contributed by atoms with Crippen LogP contribution in [-0.4, -0.2) is 55.5 Å². The van der Waals surface area contributed by atoms with E-state index in [2.05, 4.69) is 38.2 Å². The molecular weight excluding hydrogens is 560 g/mol. The number of carbonyl (C=O) groups excluding carboxylic acids is 1. The Morgan fingerprint density at radius 2 is 1.52 bits per heavy atom. The average molecular weight is 601 g/mol. The standard InChI is InChI=1S/C34H40N4O6/c1-34(2,3)30-17-31(38(36-30)18-23-11-13-26(42-6)14-12-23)35-28-15-27(43-21-40-4)16-29(44-22-41-5)32(28)33(39)37-19-24-9-7-8-10-25(24)20-37/h7-17,35H,18-22H2,1-6H3. The quantitative estimate of drug-likeness (QED) is 0.195. The van der Waals surface area contributed by atoms with Crippen LogP contribution < -0.4 is 19.5 Å². The molecule has 0 unspecified atom stereocenters. The SMILES string of the molecule is COCOc1cc(Nc2cc(C(C)(C)C)nn2Cc2ccc(OC)cc2)c(C(=O)N2Cc3ccccc3C2)c(OCOC)c1. The minimum absolute atomic E-state index is 0.0292. The maximum Gasteiger partial charge on any atom is 0.260 e. The maximum absolute atomic E-state index is 14.3. The minimum Gasteiger partial charge on any atom is -0.497 e. The van der Waals surface area contributed by atoms with Gasteiger partial charge in [-0.2, -0.15) is 5.10 Å². The number of anilines is 2. The first-order valence-electron chi connectivity index (χ1n) is 14.5. The van der Waals surface area contributed by atoms with Crippen molar-refractivity contribution in [2.75, 3.05) is 40.2 Å². The number of hydrogen-bond donors (Lipinski definition) is 1. The maximum atomic E-state index is 14.3. The molecule has 1 amide bonds. The van der Waals surface area contributed by atoms with Crippen LogP contribution in [0.4, 0.5) is 11.5 Å². The first-order chi connectivity index (χ1) is 21.2. The smallest absolute Gasteiger partial charge is 0.260 e. The van der Waals surface area contributed by atoms with E-state index >= 15 is 0 Å². The number of benzene rings is 3. The van der Waals surface area contributed by atoms with Crippen molar-refractivity contribution >= 4 is 17.4 Å². The third-order valence-electron chi connectivity index (χ3n) is 7.40. The second kappa shape index (κ2) is 13.4. The Bertz CT molecular complexity index is 1570. The Hall–Kier alpha value is -4.54. The van der Waals surface area contributed by atoms with Crippen molar-refractivity contribution in [2.24, 2.45) is 0 Å². The molecule has 1 aliphatic heterocycles. The van der Waals surface area contributed by atoms with Gasteiger partial charge in [0, 0.05) is 50.9 Å². The molecule has 0 aliphatic carbocycles. The largest absolute Gasteiger partial charge is 0.497 e. The Morgan fingerprint density at radius 1 is 0.864 bits per heavy atom. The fourth-order valence-corrected chi connectivity index (χ4v) is 5.04. The van der Waals surface area contributed by atoms with Gasteiger partial charge in [-0.3, -0.25) is 4.79 Å². The minimum atomic E-state index is -0.211. The molecule has 0 spiro atoms. The molecule has 10 nitrogen and oxygen atoms in total. The number of carbonyl (C=O) groups is 1. The monoisotopic (exact) mass is 600 g/mol. The van der Waals surface area contributed by atoms with Gasteiger partial charge in [0.05, 0.1) is 25.0 Å². The molecule has 2 heterocycles. The molecule has 1 aliphatic rings. The molecule has 232 valence electrons. The lowest BCUT2D eigenvalue weighted by Gasteiger charge is -2.22. The van der Waals surface area contributed by atoms with E-state index in [1.54, 1.807) is 26.4 Å². The zero-order chi connectivity index (χ0) is 31.3. The Morgan fingerprint density at radius 3 is 2.14 bits per heavy atom. The van der Waals surface area contributed by atoms with E-state index in [1.165, 1.54) is 7.11 Å². The molecule has 4 aromatic rings. The molecule has 1 aromatic heterocycles. The number of methoxy groups -OCH3 is 3. The first-order valence-corrected chi connectivity index (χ1v) is 14.5. The van der Waals surface area contributed by atoms with Gasteiger partial charge in [-0.05, 0) is 28.8 Å². The van der Waals surface area contributed by atoms with Crippen LogP contribution in [0.1, 0.15) is 53.5 Å². The van der Waals surface area contributed by atoms with Gasteiger partial charge in [0.25, 0.3) is 5.91 Å². The molecular formula is C34H40N4O6. The number of hydrogen-bond acceptors (Lipinski definition) is 8. The van der Waals surface area contributed by atoms with Crippen molar-refractivity contribution in [2.45, 2.75) is 45.8 Å². The molecule has 0 saturated heterocycles. The van der Waals surface area contributed by atoms with Crippen LogP contribution in [0.2, 0.25) is 0 Å². The van der Waals surface area contributed by atoms with Crippen molar-refractivity contribution in [1.29, 1.82) is 0 Å². The molecule has 0 saturated carbocycles. The molecule has 44 heavy (non-hydrogen) atoms. The number of nitrogens with zero attached hydrogens (tertiary/aromatic N) is 3. The van der Waals surface area contributed by atoms with Crippen LogP contribution in [0.5, 0.6) is 17.2 Å². The van der Waals surface area contributed by atoms with E-state index in [0.717, 1.165) is 28.1 Å². The van der Waals surface area contributed by atoms with Gasteiger partial charge < -0.3 is 33.9 Å². The molecule has 0 bridgehead atoms. The predicted molar refractivity (Wildman–Crippen MR) is 168 cm³/mol. The van der Waals surface area contributed by atoms with Crippen molar-refractivity contribution in [1.82, 2.24) is 14.7 Å². The zero-order valence-electron chi connectivity index (χ0n) is 26.2. The van der Waals surface area contributed by atoms with Crippen LogP contribution in [-0.2, 0) is 34.5 Å². The number of aromatic nitrogens is 2. The number of ether oxygens (including phenoxy) is 5. The van der Waals surface area contributed by atoms with Crippen molar-refractivity contribution < 1.29 is 28.5 Å². The van der Waals surface area contributed by atoms with Gasteiger partial charge in [0.1, 0.15) is 28.6 Å². The second-order valence-electron chi connectivity index (χ2n) is 11.7. The fourth-order valence-electron chi connectivity index (χ4n) is 5.04. The number of amides is 1. The molecule has 0 atom stereocenters. The highest BCUT2D eigenvalue weighted by Gasteiger charge is 2.30. The number of nitrogens with one attached hydrogen (secondary N) is 1. The van der Waals surface area contributed by atoms with Gasteiger partial charge in [-0.15, -0.1) is 0 Å². The Kier molecular flexibility index (Phi) is 9.41. The number of fused-ring (bicyclic) bond motifs is 1. The van der Waals surface area contributed by atoms with Crippen LogP contribution in [0, 0.1) is 0 Å². The van der Waals surface area contributed by atoms with E-state index < -0.39 is 0 Å². The summed E-state index contributed by atoms with van der Waals surface area (Å²) in [4.78, 5) is 16.1. The summed E-state index contributed by atoms with van der Waals surface area (Å²) in [5.74, 6) is 2.13. The van der Waals surface area contributed by atoms with E-state index in [0.29, 0.717) is 48.2 Å². The topological polar surface area (TPSA) is 96.3 Å². The predicted octanol–water partition coefficient (Wildman–Crippen LogP) is 6.10. The van der Waals surface area contributed by atoms with Crippen LogP contribution in [0.15, 0.2) is 66.7 Å². The zero-order valence-corrected chi connectivity index (χ0v) is 26.2. The van der Waals surface area contributed by atoms with Crippen molar-refractivity contribution in [3.8, 4) is 17.2 Å². The summed E-state index contributed by atoms with van der Waals surface area (Å²) in [6, 6.07) is 21.5. The van der Waals surface area contributed by atoms with Gasteiger partial charge in [-0.1, -0.05) is 57.2 Å². The summed E-state index contributed by atoms with van der Waals surface area (Å²) in [6.45, 7) is 7.85. The summed E-state index contributed by atoms with van der Waals surface area (Å²) in [7, 11) is 4.74. The highest BCUT2D eigenvalue weighted by Crippen LogP contribution is 2.38. The fraction of sp³-hybridized carbons (Fsp3) is 0.353. The highest BCUT2D eigenvalue weighted by atomic mass is 16.7. The van der Waals surface area contributed by atoms with E-state index in [9.17, 15) is 4.79 Å². The highest BCUT2D eigenvalue weighted by molar-refractivity contribution is 6.03. The molecule has 0 radical (unpaired) electrons. The average Bonchev–Trinajstić information content (AvgIpc) is 3.63. The molecule has 1 N–H and O–H groups in total. The third-order valence-corrected chi connectivity index (χ3v) is 7.40. The van der Waals surface area contributed by atoms with Gasteiger partial charge in [-0.25, -0.2) is 4.68 Å².